The van der Waals surface area contributed by atoms with Crippen LogP contribution in [0.25, 0.3) is 0 Å². The van der Waals surface area contributed by atoms with Crippen molar-refractivity contribution in [3.63, 3.8) is 0 Å². The molecule has 1 atom stereocenters. The summed E-state index contributed by atoms with van der Waals surface area (Å²) >= 11 is 0. The number of carbonyl (C=O) groups is 1. The number of ether oxygens (including phenoxy) is 1. The number of carbonyl (C=O) groups excluding carboxylic acids is 1. The van der Waals surface area contributed by atoms with Crippen molar-refractivity contribution in [2.45, 2.75) is 26.2 Å². The van der Waals surface area contributed by atoms with Gasteiger partial charge in [0.25, 0.3) is 0 Å². The number of amides is 1. The van der Waals surface area contributed by atoms with E-state index in [1.807, 2.05) is 48.5 Å². The molecule has 0 aromatic heterocycles. The minimum absolute atomic E-state index is 0.146. The molecule has 3 rings (SSSR count). The van der Waals surface area contributed by atoms with E-state index < -0.39 is 0 Å². The predicted octanol–water partition coefficient (Wildman–Crippen LogP) is 4.14. The van der Waals surface area contributed by atoms with Crippen molar-refractivity contribution in [1.29, 1.82) is 0 Å². The number of nitrogens with zero attached hydrogens (tertiary/aromatic N) is 2. The van der Waals surface area contributed by atoms with E-state index in [1.165, 1.54) is 6.92 Å². The standard InChI is InChI=1S/C20H21N3O2/c1-4-16-19(14-9-11-15(25-3)12-10-14)20(21-13(2)24)23-18-8-6-5-7-17(18)22-16/h5-12,19H,4H2,1-3H3,(H,21,23,24). The zero-order valence-electron chi connectivity index (χ0n) is 14.6. The highest BCUT2D eigenvalue weighted by atomic mass is 16.5. The monoisotopic (exact) mass is 335 g/mol. The first-order valence-electron chi connectivity index (χ1n) is 8.29. The Balaban J connectivity index is 2.16. The minimum Gasteiger partial charge on any atom is -0.497 e. The molecular weight excluding hydrogens is 314 g/mol. The van der Waals surface area contributed by atoms with E-state index in [9.17, 15) is 4.79 Å². The van der Waals surface area contributed by atoms with Gasteiger partial charge in [-0.2, -0.15) is 0 Å². The molecule has 1 unspecified atom stereocenters. The molecule has 1 amide bonds. The van der Waals surface area contributed by atoms with Crippen molar-refractivity contribution in [3.8, 4) is 5.75 Å². The maximum atomic E-state index is 11.8. The van der Waals surface area contributed by atoms with Gasteiger partial charge < -0.3 is 10.1 Å². The quantitative estimate of drug-likeness (QED) is 0.916. The summed E-state index contributed by atoms with van der Waals surface area (Å²) in [6, 6.07) is 15.5. The summed E-state index contributed by atoms with van der Waals surface area (Å²) in [5, 5.41) is 2.90. The van der Waals surface area contributed by atoms with Gasteiger partial charge in [-0.15, -0.1) is 0 Å². The molecule has 2 aromatic rings. The molecule has 1 heterocycles. The molecule has 5 nitrogen and oxygen atoms in total. The van der Waals surface area contributed by atoms with Crippen LogP contribution in [-0.4, -0.2) is 24.6 Å². The van der Waals surface area contributed by atoms with E-state index in [2.05, 4.69) is 12.2 Å². The first kappa shape index (κ1) is 16.9. The summed E-state index contributed by atoms with van der Waals surface area (Å²) < 4.78 is 5.25. The van der Waals surface area contributed by atoms with Crippen LogP contribution in [0.15, 0.2) is 58.5 Å². The number of fused-ring (bicyclic) bond motifs is 1. The molecule has 0 saturated heterocycles. The smallest absolute Gasteiger partial charge is 0.222 e. The van der Waals surface area contributed by atoms with Gasteiger partial charge in [0, 0.05) is 12.6 Å². The Morgan fingerprint density at radius 1 is 1.08 bits per heavy atom. The third-order valence-corrected chi connectivity index (χ3v) is 4.11. The summed E-state index contributed by atoms with van der Waals surface area (Å²) in [6.45, 7) is 3.56. The molecule has 2 aromatic carbocycles. The lowest BCUT2D eigenvalue weighted by molar-refractivity contribution is -0.117. The number of hydrogen-bond acceptors (Lipinski definition) is 4. The maximum Gasteiger partial charge on any atom is 0.222 e. The molecule has 0 bridgehead atoms. The molecule has 0 fully saturated rings. The van der Waals surface area contributed by atoms with Gasteiger partial charge in [0.2, 0.25) is 5.91 Å². The number of amidine groups is 1. The van der Waals surface area contributed by atoms with Gasteiger partial charge in [-0.1, -0.05) is 31.2 Å². The van der Waals surface area contributed by atoms with Crippen LogP contribution in [0.2, 0.25) is 0 Å². The maximum absolute atomic E-state index is 11.8. The number of para-hydroxylation sites is 2. The van der Waals surface area contributed by atoms with Crippen molar-refractivity contribution in [2.24, 2.45) is 9.98 Å². The fourth-order valence-corrected chi connectivity index (χ4v) is 2.93. The molecule has 1 N–H and O–H groups in total. The van der Waals surface area contributed by atoms with E-state index >= 15 is 0 Å². The van der Waals surface area contributed by atoms with Gasteiger partial charge >= 0.3 is 0 Å². The van der Waals surface area contributed by atoms with Crippen LogP contribution >= 0.6 is 0 Å². The normalized spacial score (nSPS) is 16.2. The lowest BCUT2D eigenvalue weighted by Gasteiger charge is -2.20. The highest BCUT2D eigenvalue weighted by Crippen LogP contribution is 2.35. The molecule has 1 aliphatic rings. The van der Waals surface area contributed by atoms with Crippen molar-refractivity contribution in [3.05, 3.63) is 54.1 Å². The lowest BCUT2D eigenvalue weighted by Crippen LogP contribution is -2.36. The second kappa shape index (κ2) is 7.30. The van der Waals surface area contributed by atoms with Crippen LogP contribution in [0.5, 0.6) is 5.75 Å². The minimum atomic E-state index is -0.202. The summed E-state index contributed by atoms with van der Waals surface area (Å²) in [6.07, 6.45) is 0.754. The summed E-state index contributed by atoms with van der Waals surface area (Å²) in [7, 11) is 1.64. The molecule has 128 valence electrons. The first-order valence-corrected chi connectivity index (χ1v) is 8.29. The number of benzene rings is 2. The van der Waals surface area contributed by atoms with Crippen LogP contribution in [0.3, 0.4) is 0 Å². The van der Waals surface area contributed by atoms with E-state index in [0.29, 0.717) is 5.84 Å². The Kier molecular flexibility index (Phi) is 4.93. The summed E-state index contributed by atoms with van der Waals surface area (Å²) in [5.74, 6) is 1.04. The Hall–Kier alpha value is -2.95. The summed E-state index contributed by atoms with van der Waals surface area (Å²) in [4.78, 5) is 21.3. The van der Waals surface area contributed by atoms with Crippen LogP contribution < -0.4 is 10.1 Å². The number of aliphatic imine (C=N–C) groups is 2. The van der Waals surface area contributed by atoms with E-state index in [-0.39, 0.29) is 11.8 Å². The molecule has 0 spiro atoms. The second-order valence-electron chi connectivity index (χ2n) is 5.83. The van der Waals surface area contributed by atoms with Gasteiger partial charge in [-0.25, -0.2) is 4.99 Å². The Labute approximate surface area is 147 Å². The Bertz CT molecular complexity index is 838. The number of rotatable bonds is 3. The first-order chi connectivity index (χ1) is 12.1. The highest BCUT2D eigenvalue weighted by Gasteiger charge is 2.27. The fraction of sp³-hybridized carbons (Fsp3) is 0.250. The molecule has 0 aliphatic carbocycles. The van der Waals surface area contributed by atoms with E-state index in [1.54, 1.807) is 7.11 Å². The molecule has 1 aliphatic heterocycles. The van der Waals surface area contributed by atoms with Crippen LogP contribution in [0, 0.1) is 0 Å². The van der Waals surface area contributed by atoms with Crippen LogP contribution in [0.1, 0.15) is 31.7 Å². The SMILES string of the molecule is CCC1=Nc2ccccc2N=C(NC(C)=O)C1c1ccc(OC)cc1. The molecule has 25 heavy (non-hydrogen) atoms. The van der Waals surface area contributed by atoms with Gasteiger partial charge in [-0.3, -0.25) is 9.79 Å². The summed E-state index contributed by atoms with van der Waals surface area (Å²) in [5.41, 5.74) is 3.55. The lowest BCUT2D eigenvalue weighted by atomic mass is 9.91. The van der Waals surface area contributed by atoms with Gasteiger partial charge in [0.15, 0.2) is 0 Å². The zero-order chi connectivity index (χ0) is 17.8. The zero-order valence-corrected chi connectivity index (χ0v) is 14.6. The van der Waals surface area contributed by atoms with Gasteiger partial charge in [0.1, 0.15) is 11.6 Å². The number of methoxy groups -OCH3 is 1. The van der Waals surface area contributed by atoms with Gasteiger partial charge in [0.05, 0.1) is 24.4 Å². The van der Waals surface area contributed by atoms with Crippen molar-refractivity contribution in [2.75, 3.05) is 7.11 Å². The van der Waals surface area contributed by atoms with Crippen LogP contribution in [0.4, 0.5) is 11.4 Å². The molecule has 0 saturated carbocycles. The van der Waals surface area contributed by atoms with Crippen molar-refractivity contribution < 1.29 is 9.53 Å². The van der Waals surface area contributed by atoms with Crippen molar-refractivity contribution in [1.82, 2.24) is 5.32 Å². The third-order valence-electron chi connectivity index (χ3n) is 4.11. The Morgan fingerprint density at radius 2 is 1.72 bits per heavy atom. The highest BCUT2D eigenvalue weighted by molar-refractivity contribution is 6.17. The Morgan fingerprint density at radius 3 is 2.28 bits per heavy atom. The molecule has 0 radical (unpaired) electrons. The van der Waals surface area contributed by atoms with Crippen molar-refractivity contribution >= 4 is 28.8 Å². The topological polar surface area (TPSA) is 63.0 Å². The third kappa shape index (κ3) is 3.60. The largest absolute Gasteiger partial charge is 0.497 e. The van der Waals surface area contributed by atoms with E-state index in [0.717, 1.165) is 34.8 Å². The average molecular weight is 335 g/mol. The second-order valence-corrected chi connectivity index (χ2v) is 5.83. The van der Waals surface area contributed by atoms with Crippen LogP contribution in [-0.2, 0) is 4.79 Å². The predicted molar refractivity (Wildman–Crippen MR) is 100 cm³/mol. The molecule has 5 heteroatoms. The molecular formula is C20H21N3O2. The fourth-order valence-electron chi connectivity index (χ4n) is 2.93. The van der Waals surface area contributed by atoms with E-state index in [4.69, 9.17) is 14.7 Å². The number of nitrogens with one attached hydrogen (secondary N) is 1. The average Bonchev–Trinajstić information content (AvgIpc) is 2.77. The van der Waals surface area contributed by atoms with Gasteiger partial charge in [-0.05, 0) is 36.2 Å². The number of hydrogen-bond donors (Lipinski definition) is 1.